The van der Waals surface area contributed by atoms with Crippen molar-refractivity contribution >= 4 is 11.8 Å². The number of hydrogen-bond acceptors (Lipinski definition) is 3. The van der Waals surface area contributed by atoms with Gasteiger partial charge in [0.1, 0.15) is 17.5 Å². The summed E-state index contributed by atoms with van der Waals surface area (Å²) >= 11 is 0. The van der Waals surface area contributed by atoms with Crippen molar-refractivity contribution < 1.29 is 22.8 Å². The van der Waals surface area contributed by atoms with Gasteiger partial charge >= 0.3 is 0 Å². The summed E-state index contributed by atoms with van der Waals surface area (Å²) < 4.78 is 43.7. The lowest BCUT2D eigenvalue weighted by molar-refractivity contribution is -0.139. The summed E-state index contributed by atoms with van der Waals surface area (Å²) in [7, 11) is 0. The SMILES string of the molecule is CC(=O)N(C(C)C)[C@@H](C)c1cc(F)c(C)cc1C1CCN(C(=O)C2CCN(C(C)(C)C)C[C@H]2c2ccc(F)cc2F)CC1. The van der Waals surface area contributed by atoms with Crippen LogP contribution < -0.4 is 0 Å². The van der Waals surface area contributed by atoms with Crippen molar-refractivity contribution in [1.82, 2.24) is 14.7 Å². The normalized spacial score (nSPS) is 21.3. The molecule has 1 unspecified atom stereocenters. The molecule has 2 fully saturated rings. The average molecular weight is 600 g/mol. The van der Waals surface area contributed by atoms with Crippen LogP contribution in [0.4, 0.5) is 13.2 Å². The van der Waals surface area contributed by atoms with E-state index in [1.54, 1.807) is 24.8 Å². The summed E-state index contributed by atoms with van der Waals surface area (Å²) in [5.41, 5.74) is 2.67. The maximum absolute atomic E-state index is 15.1. The second-order valence-electron chi connectivity index (χ2n) is 13.8. The highest BCUT2D eigenvalue weighted by Gasteiger charge is 2.42. The Bertz CT molecular complexity index is 1330. The molecule has 3 atom stereocenters. The Morgan fingerprint density at radius 3 is 2.12 bits per heavy atom. The van der Waals surface area contributed by atoms with Gasteiger partial charge in [0.2, 0.25) is 11.8 Å². The molecule has 0 radical (unpaired) electrons. The third kappa shape index (κ3) is 7.11. The number of carbonyl (C=O) groups excluding carboxylic acids is 2. The van der Waals surface area contributed by atoms with Crippen LogP contribution in [-0.4, -0.2) is 64.3 Å². The number of hydrogen-bond donors (Lipinski definition) is 0. The summed E-state index contributed by atoms with van der Waals surface area (Å²) in [5.74, 6) is -2.20. The molecule has 0 saturated carbocycles. The highest BCUT2D eigenvalue weighted by Crippen LogP contribution is 2.40. The molecule has 2 amide bonds. The second-order valence-corrected chi connectivity index (χ2v) is 13.8. The molecule has 5 nitrogen and oxygen atoms in total. The van der Waals surface area contributed by atoms with E-state index in [2.05, 4.69) is 25.7 Å². The zero-order valence-corrected chi connectivity index (χ0v) is 27.0. The lowest BCUT2D eigenvalue weighted by atomic mass is 9.77. The minimum Gasteiger partial charge on any atom is -0.342 e. The van der Waals surface area contributed by atoms with E-state index < -0.39 is 17.6 Å². The Morgan fingerprint density at radius 2 is 1.56 bits per heavy atom. The van der Waals surface area contributed by atoms with E-state index in [-0.39, 0.29) is 47.1 Å². The van der Waals surface area contributed by atoms with E-state index >= 15 is 4.39 Å². The number of benzene rings is 2. The van der Waals surface area contributed by atoms with Gasteiger partial charge in [0.05, 0.1) is 6.04 Å². The lowest BCUT2D eigenvalue weighted by Gasteiger charge is -2.46. The van der Waals surface area contributed by atoms with E-state index in [1.165, 1.54) is 12.1 Å². The van der Waals surface area contributed by atoms with E-state index in [4.69, 9.17) is 0 Å². The number of rotatable bonds is 6. The van der Waals surface area contributed by atoms with E-state index in [1.807, 2.05) is 31.7 Å². The molecule has 0 aromatic heterocycles. The zero-order chi connectivity index (χ0) is 31.8. The second kappa shape index (κ2) is 13.0. The quantitative estimate of drug-likeness (QED) is 0.349. The molecule has 0 spiro atoms. The van der Waals surface area contributed by atoms with E-state index in [0.717, 1.165) is 23.7 Å². The van der Waals surface area contributed by atoms with Gasteiger partial charge in [0.15, 0.2) is 0 Å². The molecule has 43 heavy (non-hydrogen) atoms. The Labute approximate surface area is 255 Å². The summed E-state index contributed by atoms with van der Waals surface area (Å²) in [5, 5.41) is 0. The van der Waals surface area contributed by atoms with Gasteiger partial charge in [-0.1, -0.05) is 12.1 Å². The Morgan fingerprint density at radius 1 is 0.907 bits per heavy atom. The monoisotopic (exact) mass is 599 g/mol. The van der Waals surface area contributed by atoms with Gasteiger partial charge in [-0.05, 0) is 115 Å². The van der Waals surface area contributed by atoms with Crippen LogP contribution in [-0.2, 0) is 9.59 Å². The standard InChI is InChI=1S/C35H48F3N3O2/c1-21(2)41(24(5)42)23(4)29-19-32(37)22(3)17-30(29)25-11-14-39(15-12-25)34(43)28-13-16-40(35(6,7)8)20-31(28)27-10-9-26(36)18-33(27)38/h9-10,17-19,21,23,25,28,31H,11-16,20H2,1-8H3/t23-,28?,31-/m0/s1. The molecular weight excluding hydrogens is 551 g/mol. The first-order valence-electron chi connectivity index (χ1n) is 15.7. The van der Waals surface area contributed by atoms with E-state index in [0.29, 0.717) is 50.0 Å². The maximum Gasteiger partial charge on any atom is 0.226 e. The third-order valence-corrected chi connectivity index (χ3v) is 9.64. The number of carbonyl (C=O) groups is 2. The van der Waals surface area contributed by atoms with Crippen LogP contribution >= 0.6 is 0 Å². The van der Waals surface area contributed by atoms with Crippen LogP contribution in [0.3, 0.4) is 0 Å². The minimum atomic E-state index is -0.626. The lowest BCUT2D eigenvalue weighted by Crippen LogP contribution is -2.53. The van der Waals surface area contributed by atoms with Crippen LogP contribution in [0.15, 0.2) is 30.3 Å². The first-order chi connectivity index (χ1) is 20.1. The van der Waals surface area contributed by atoms with Crippen LogP contribution in [0.25, 0.3) is 0 Å². The van der Waals surface area contributed by atoms with E-state index in [9.17, 15) is 18.4 Å². The maximum atomic E-state index is 15.1. The molecular formula is C35H48F3N3O2. The molecule has 2 aliphatic heterocycles. The Kier molecular flexibility index (Phi) is 9.99. The fraction of sp³-hybridized carbons (Fsp3) is 0.600. The number of likely N-dealkylation sites (tertiary alicyclic amines) is 2. The fourth-order valence-electron chi connectivity index (χ4n) is 7.29. The summed E-state index contributed by atoms with van der Waals surface area (Å²) in [6.45, 7) is 17.9. The molecule has 4 rings (SSSR count). The van der Waals surface area contributed by atoms with Gasteiger partial charge in [0.25, 0.3) is 0 Å². The molecule has 2 saturated heterocycles. The molecule has 0 aliphatic carbocycles. The van der Waals surface area contributed by atoms with Gasteiger partial charge in [-0.2, -0.15) is 0 Å². The summed E-state index contributed by atoms with van der Waals surface area (Å²) in [6.07, 6.45) is 2.04. The van der Waals surface area contributed by atoms with Crippen molar-refractivity contribution in [3.8, 4) is 0 Å². The van der Waals surface area contributed by atoms with Crippen LogP contribution in [0, 0.1) is 30.3 Å². The number of amides is 2. The largest absolute Gasteiger partial charge is 0.342 e. The smallest absolute Gasteiger partial charge is 0.226 e. The van der Waals surface area contributed by atoms with Crippen molar-refractivity contribution in [2.75, 3.05) is 26.2 Å². The van der Waals surface area contributed by atoms with Crippen molar-refractivity contribution in [1.29, 1.82) is 0 Å². The van der Waals surface area contributed by atoms with Gasteiger partial charge < -0.3 is 9.80 Å². The Balaban J connectivity index is 1.56. The number of aryl methyl sites for hydroxylation is 1. The third-order valence-electron chi connectivity index (χ3n) is 9.64. The minimum absolute atomic E-state index is 0.0205. The highest BCUT2D eigenvalue weighted by molar-refractivity contribution is 5.80. The van der Waals surface area contributed by atoms with Crippen LogP contribution in [0.1, 0.15) is 108 Å². The first kappa shape index (κ1) is 33.0. The van der Waals surface area contributed by atoms with Gasteiger partial charge in [-0.25, -0.2) is 13.2 Å². The van der Waals surface area contributed by atoms with Crippen molar-refractivity contribution in [2.45, 2.75) is 104 Å². The molecule has 2 aromatic rings. The van der Waals surface area contributed by atoms with Gasteiger partial charge in [0, 0.05) is 56.0 Å². The van der Waals surface area contributed by atoms with Crippen molar-refractivity contribution in [2.24, 2.45) is 5.92 Å². The molecule has 2 heterocycles. The van der Waals surface area contributed by atoms with Crippen LogP contribution in [0.5, 0.6) is 0 Å². The van der Waals surface area contributed by atoms with Gasteiger partial charge in [-0.15, -0.1) is 0 Å². The van der Waals surface area contributed by atoms with Crippen molar-refractivity contribution in [3.63, 3.8) is 0 Å². The molecule has 2 aromatic carbocycles. The Hall–Kier alpha value is -2.87. The predicted octanol–water partition coefficient (Wildman–Crippen LogP) is 7.34. The topological polar surface area (TPSA) is 43.9 Å². The number of piperidine rings is 2. The number of nitrogens with zero attached hydrogens (tertiary/aromatic N) is 3. The average Bonchev–Trinajstić information content (AvgIpc) is 2.93. The molecule has 8 heteroatoms. The predicted molar refractivity (Wildman–Crippen MR) is 164 cm³/mol. The highest BCUT2D eigenvalue weighted by atomic mass is 19.1. The van der Waals surface area contributed by atoms with Crippen molar-refractivity contribution in [3.05, 3.63) is 70.0 Å². The fourth-order valence-corrected chi connectivity index (χ4v) is 7.29. The summed E-state index contributed by atoms with van der Waals surface area (Å²) in [6, 6.07) is 6.85. The first-order valence-corrected chi connectivity index (χ1v) is 15.7. The number of halogens is 3. The molecule has 0 N–H and O–H groups in total. The molecule has 0 bridgehead atoms. The van der Waals surface area contributed by atoms with Crippen LogP contribution in [0.2, 0.25) is 0 Å². The van der Waals surface area contributed by atoms with Gasteiger partial charge in [-0.3, -0.25) is 14.5 Å². The zero-order valence-electron chi connectivity index (χ0n) is 27.0. The molecule has 236 valence electrons. The summed E-state index contributed by atoms with van der Waals surface area (Å²) in [4.78, 5) is 32.5. The molecule has 2 aliphatic rings.